The Hall–Kier alpha value is -2.40. The monoisotopic (exact) mass is 456 g/mol. The summed E-state index contributed by atoms with van der Waals surface area (Å²) in [7, 11) is 0. The molecule has 2 aliphatic rings. The van der Waals surface area contributed by atoms with Gasteiger partial charge >= 0.3 is 0 Å². The molecule has 3 heterocycles. The number of aromatic nitrogens is 4. The van der Waals surface area contributed by atoms with Crippen molar-refractivity contribution in [1.82, 2.24) is 19.9 Å². The highest BCUT2D eigenvalue weighted by Gasteiger charge is 2.50. The smallest absolute Gasteiger partial charge is 0.224 e. The van der Waals surface area contributed by atoms with E-state index in [1.807, 2.05) is 13.0 Å². The SMILES string of the molecule is Cc1nc(NCC2CC2)nc(N[C@@H]2C[C@H](CO)[C@@H](O)C2(C)O)c1-c1nc2cnccc2s1. The third-order valence-corrected chi connectivity index (χ3v) is 7.63. The quantitative estimate of drug-likeness (QED) is 0.362. The summed E-state index contributed by atoms with van der Waals surface area (Å²) in [4.78, 5) is 18.3. The number of nitrogens with one attached hydrogen (secondary N) is 2. The Morgan fingerprint density at radius 1 is 1.25 bits per heavy atom. The summed E-state index contributed by atoms with van der Waals surface area (Å²) < 4.78 is 1.01. The molecule has 2 fully saturated rings. The van der Waals surface area contributed by atoms with Gasteiger partial charge in [0.15, 0.2) is 0 Å². The average molecular weight is 457 g/mol. The van der Waals surface area contributed by atoms with Gasteiger partial charge in [-0.2, -0.15) is 4.98 Å². The Kier molecular flexibility index (Phi) is 5.48. The van der Waals surface area contributed by atoms with Crippen LogP contribution in [0.5, 0.6) is 0 Å². The van der Waals surface area contributed by atoms with Crippen molar-refractivity contribution in [2.45, 2.75) is 50.9 Å². The number of hydrogen-bond donors (Lipinski definition) is 5. The van der Waals surface area contributed by atoms with Gasteiger partial charge in [-0.25, -0.2) is 9.97 Å². The second-order valence-corrected chi connectivity index (χ2v) is 10.1. The van der Waals surface area contributed by atoms with Gasteiger partial charge in [0, 0.05) is 25.3 Å². The zero-order valence-electron chi connectivity index (χ0n) is 18.1. The number of hydrogen-bond acceptors (Lipinski definition) is 10. The number of fused-ring (bicyclic) bond motifs is 1. The minimum absolute atomic E-state index is 0.190. The van der Waals surface area contributed by atoms with E-state index < -0.39 is 23.7 Å². The highest BCUT2D eigenvalue weighted by molar-refractivity contribution is 7.21. The van der Waals surface area contributed by atoms with Crippen molar-refractivity contribution in [2.75, 3.05) is 23.8 Å². The first-order chi connectivity index (χ1) is 15.4. The summed E-state index contributed by atoms with van der Waals surface area (Å²) in [5.41, 5.74) is 0.922. The molecule has 0 aromatic carbocycles. The van der Waals surface area contributed by atoms with E-state index in [4.69, 9.17) is 9.97 Å². The summed E-state index contributed by atoms with van der Waals surface area (Å²) in [6, 6.07) is 1.44. The molecule has 4 atom stereocenters. The first-order valence-corrected chi connectivity index (χ1v) is 11.8. The van der Waals surface area contributed by atoms with Crippen molar-refractivity contribution in [3.05, 3.63) is 24.2 Å². The van der Waals surface area contributed by atoms with Crippen molar-refractivity contribution in [2.24, 2.45) is 11.8 Å². The van der Waals surface area contributed by atoms with Crippen molar-refractivity contribution in [3.8, 4) is 10.6 Å². The molecule has 3 aromatic heterocycles. The van der Waals surface area contributed by atoms with Gasteiger partial charge in [0.2, 0.25) is 5.95 Å². The highest BCUT2D eigenvalue weighted by atomic mass is 32.1. The molecule has 0 aliphatic heterocycles. The number of aliphatic hydroxyl groups excluding tert-OH is 2. The topological polar surface area (TPSA) is 136 Å². The molecule has 5 N–H and O–H groups in total. The molecular weight excluding hydrogens is 428 g/mol. The lowest BCUT2D eigenvalue weighted by atomic mass is 9.96. The lowest BCUT2D eigenvalue weighted by Gasteiger charge is -2.30. The predicted octanol–water partition coefficient (Wildman–Crippen LogP) is 2.18. The third kappa shape index (κ3) is 3.92. The molecule has 3 aromatic rings. The van der Waals surface area contributed by atoms with Crippen LogP contribution in [0.1, 0.15) is 31.9 Å². The van der Waals surface area contributed by atoms with Crippen LogP contribution in [0.2, 0.25) is 0 Å². The van der Waals surface area contributed by atoms with E-state index in [9.17, 15) is 15.3 Å². The van der Waals surface area contributed by atoms with Gasteiger partial charge < -0.3 is 26.0 Å². The Morgan fingerprint density at radius 2 is 2.06 bits per heavy atom. The normalized spacial score (nSPS) is 27.7. The first-order valence-electron chi connectivity index (χ1n) is 11.0. The standard InChI is InChI=1S/C22H28N6O3S/c1-11-17(20-26-14-9-23-6-5-15(14)32-20)19(28-21(25-11)24-8-12-3-4-12)27-16-7-13(10-29)18(30)22(16,2)31/h5-6,9,12-13,16,18,29-31H,3-4,7-8,10H2,1-2H3,(H2,24,25,27,28)/t13-,16-,18-,22?/m1/s1. The van der Waals surface area contributed by atoms with E-state index in [1.54, 1.807) is 19.3 Å². The van der Waals surface area contributed by atoms with Crippen LogP contribution in [0.3, 0.4) is 0 Å². The number of aliphatic hydroxyl groups is 3. The van der Waals surface area contributed by atoms with E-state index in [1.165, 1.54) is 24.2 Å². The van der Waals surface area contributed by atoms with Crippen LogP contribution in [0.4, 0.5) is 11.8 Å². The van der Waals surface area contributed by atoms with Crippen LogP contribution in [0.25, 0.3) is 20.8 Å². The van der Waals surface area contributed by atoms with E-state index in [0.29, 0.717) is 24.1 Å². The number of aryl methyl sites for hydroxylation is 1. The van der Waals surface area contributed by atoms with Crippen LogP contribution in [0.15, 0.2) is 18.5 Å². The molecule has 0 spiro atoms. The zero-order chi connectivity index (χ0) is 22.5. The molecule has 0 saturated heterocycles. The summed E-state index contributed by atoms with van der Waals surface area (Å²) in [5.74, 6) is 1.34. The van der Waals surface area contributed by atoms with Crippen molar-refractivity contribution in [1.29, 1.82) is 0 Å². The molecule has 9 nitrogen and oxygen atoms in total. The van der Waals surface area contributed by atoms with E-state index in [0.717, 1.165) is 33.0 Å². The number of thiazole rings is 1. The fourth-order valence-electron chi connectivity index (χ4n) is 4.36. The Balaban J connectivity index is 1.54. The van der Waals surface area contributed by atoms with Gasteiger partial charge in [0.1, 0.15) is 21.9 Å². The minimum atomic E-state index is -1.41. The van der Waals surface area contributed by atoms with Crippen LogP contribution >= 0.6 is 11.3 Å². The highest BCUT2D eigenvalue weighted by Crippen LogP contribution is 2.40. The van der Waals surface area contributed by atoms with Crippen LogP contribution in [0, 0.1) is 18.8 Å². The van der Waals surface area contributed by atoms with Crippen molar-refractivity contribution < 1.29 is 15.3 Å². The molecule has 0 bridgehead atoms. The minimum Gasteiger partial charge on any atom is -0.396 e. The molecule has 5 rings (SSSR count). The molecule has 1 unspecified atom stereocenters. The van der Waals surface area contributed by atoms with Gasteiger partial charge in [-0.1, -0.05) is 0 Å². The van der Waals surface area contributed by atoms with Gasteiger partial charge in [-0.3, -0.25) is 4.98 Å². The predicted molar refractivity (Wildman–Crippen MR) is 124 cm³/mol. The molecule has 2 saturated carbocycles. The second-order valence-electron chi connectivity index (χ2n) is 9.09. The number of rotatable bonds is 7. The maximum absolute atomic E-state index is 11.0. The number of anilines is 2. The summed E-state index contributed by atoms with van der Waals surface area (Å²) in [5, 5.41) is 38.6. The fraction of sp³-hybridized carbons (Fsp3) is 0.545. The first kappa shape index (κ1) is 21.4. The van der Waals surface area contributed by atoms with Crippen molar-refractivity contribution in [3.63, 3.8) is 0 Å². The van der Waals surface area contributed by atoms with Gasteiger partial charge in [-0.15, -0.1) is 11.3 Å². The summed E-state index contributed by atoms with van der Waals surface area (Å²) in [6.07, 6.45) is 5.30. The lowest BCUT2D eigenvalue weighted by molar-refractivity contribution is -0.0647. The largest absolute Gasteiger partial charge is 0.396 e. The second kappa shape index (κ2) is 8.18. The van der Waals surface area contributed by atoms with Gasteiger partial charge in [-0.05, 0) is 45.1 Å². The molecule has 0 amide bonds. The molecule has 2 aliphatic carbocycles. The molecular formula is C22H28N6O3S. The fourth-order valence-corrected chi connectivity index (χ4v) is 5.39. The Bertz CT molecular complexity index is 1100. The molecule has 170 valence electrons. The molecule has 32 heavy (non-hydrogen) atoms. The summed E-state index contributed by atoms with van der Waals surface area (Å²) in [6.45, 7) is 4.16. The lowest BCUT2D eigenvalue weighted by Crippen LogP contribution is -2.48. The number of nitrogens with zero attached hydrogens (tertiary/aromatic N) is 4. The molecule has 10 heteroatoms. The zero-order valence-corrected chi connectivity index (χ0v) is 18.9. The van der Waals surface area contributed by atoms with Gasteiger partial charge in [0.25, 0.3) is 0 Å². The van der Waals surface area contributed by atoms with E-state index >= 15 is 0 Å². The molecule has 0 radical (unpaired) electrons. The Morgan fingerprint density at radius 3 is 2.75 bits per heavy atom. The van der Waals surface area contributed by atoms with Crippen molar-refractivity contribution >= 4 is 33.3 Å². The average Bonchev–Trinajstić information content (AvgIpc) is 3.46. The number of pyridine rings is 1. The van der Waals surface area contributed by atoms with Crippen LogP contribution in [-0.4, -0.2) is 66.2 Å². The van der Waals surface area contributed by atoms with Gasteiger partial charge in [0.05, 0.1) is 34.3 Å². The van der Waals surface area contributed by atoms with E-state index in [-0.39, 0.29) is 6.61 Å². The van der Waals surface area contributed by atoms with Crippen LogP contribution in [-0.2, 0) is 0 Å². The maximum atomic E-state index is 11.0. The van der Waals surface area contributed by atoms with E-state index in [2.05, 4.69) is 20.6 Å². The summed E-state index contributed by atoms with van der Waals surface area (Å²) >= 11 is 1.53. The maximum Gasteiger partial charge on any atom is 0.224 e. The van der Waals surface area contributed by atoms with Crippen LogP contribution < -0.4 is 10.6 Å². The third-order valence-electron chi connectivity index (χ3n) is 6.57. The Labute approximate surface area is 190 Å².